The largest absolute Gasteiger partial charge is 0.257 e. The summed E-state index contributed by atoms with van der Waals surface area (Å²) in [7, 11) is 0. The molecule has 0 spiro atoms. The molecule has 0 bridgehead atoms. The number of halogens is 2. The zero-order chi connectivity index (χ0) is 19.5. The normalized spacial score (nSPS) is 19.1. The Labute approximate surface area is 170 Å². The lowest BCUT2D eigenvalue weighted by Crippen LogP contribution is -2.24. The number of hydrogen-bond acceptors (Lipinski definition) is 2. The third kappa shape index (κ3) is 3.97. The van der Waals surface area contributed by atoms with E-state index in [4.69, 9.17) is 11.6 Å². The average Bonchev–Trinajstić information content (AvgIpc) is 3.19. The van der Waals surface area contributed by atoms with Crippen LogP contribution in [-0.4, -0.2) is 6.54 Å². The van der Waals surface area contributed by atoms with Crippen molar-refractivity contribution in [2.24, 2.45) is 0 Å². The van der Waals surface area contributed by atoms with Gasteiger partial charge in [-0.2, -0.15) is 0 Å². The van der Waals surface area contributed by atoms with Crippen LogP contribution in [0.1, 0.15) is 42.0 Å². The van der Waals surface area contributed by atoms with Crippen molar-refractivity contribution in [3.63, 3.8) is 0 Å². The van der Waals surface area contributed by atoms with Gasteiger partial charge >= 0.3 is 0 Å². The predicted molar refractivity (Wildman–Crippen MR) is 114 cm³/mol. The molecular weight excluding hydrogens is 371 g/mol. The van der Waals surface area contributed by atoms with E-state index in [-0.39, 0.29) is 11.9 Å². The van der Waals surface area contributed by atoms with Crippen molar-refractivity contribution in [3.05, 3.63) is 94.3 Å². The van der Waals surface area contributed by atoms with Crippen LogP contribution in [0, 0.1) is 5.82 Å². The quantitative estimate of drug-likeness (QED) is 0.552. The lowest BCUT2D eigenvalue weighted by atomic mass is 9.88. The zero-order valence-corrected chi connectivity index (χ0v) is 16.6. The summed E-state index contributed by atoms with van der Waals surface area (Å²) in [5.74, 6) is 0.159. The number of hydrazine groups is 1. The first-order chi connectivity index (χ1) is 13.7. The van der Waals surface area contributed by atoms with E-state index in [0.717, 1.165) is 35.5 Å². The lowest BCUT2D eigenvalue weighted by Gasteiger charge is -2.20. The molecule has 4 rings (SSSR count). The second kappa shape index (κ2) is 8.44. The summed E-state index contributed by atoms with van der Waals surface area (Å²) in [6.07, 6.45) is 1.92. The molecule has 2 nitrogen and oxygen atoms in total. The SMILES string of the molecule is CCCc1ccc(-c2ccc(C3NNCC3c3ccc(Cl)cc3)cc2)c(F)c1. The number of aryl methyl sites for hydroxylation is 1. The van der Waals surface area contributed by atoms with Crippen LogP contribution in [0.3, 0.4) is 0 Å². The molecule has 0 amide bonds. The Bertz CT molecular complexity index is 938. The van der Waals surface area contributed by atoms with E-state index in [9.17, 15) is 4.39 Å². The third-order valence-electron chi connectivity index (χ3n) is 5.43. The minimum Gasteiger partial charge on any atom is -0.257 e. The van der Waals surface area contributed by atoms with Gasteiger partial charge in [0, 0.05) is 23.0 Å². The number of hydrogen-bond donors (Lipinski definition) is 2. The van der Waals surface area contributed by atoms with Crippen LogP contribution in [-0.2, 0) is 6.42 Å². The maximum atomic E-state index is 14.5. The van der Waals surface area contributed by atoms with Crippen molar-refractivity contribution in [1.29, 1.82) is 0 Å². The molecule has 2 unspecified atom stereocenters. The van der Waals surface area contributed by atoms with Gasteiger partial charge in [-0.3, -0.25) is 5.43 Å². The van der Waals surface area contributed by atoms with E-state index in [2.05, 4.69) is 42.0 Å². The monoisotopic (exact) mass is 394 g/mol. The average molecular weight is 395 g/mol. The minimum atomic E-state index is -0.154. The van der Waals surface area contributed by atoms with Crippen molar-refractivity contribution in [1.82, 2.24) is 10.9 Å². The van der Waals surface area contributed by atoms with Gasteiger partial charge in [0.05, 0.1) is 6.04 Å². The van der Waals surface area contributed by atoms with Gasteiger partial charge in [-0.1, -0.05) is 73.5 Å². The molecule has 1 aliphatic heterocycles. The number of nitrogens with one attached hydrogen (secondary N) is 2. The Morgan fingerprint density at radius 2 is 1.68 bits per heavy atom. The van der Waals surface area contributed by atoms with Crippen LogP contribution >= 0.6 is 11.6 Å². The van der Waals surface area contributed by atoms with Gasteiger partial charge in [-0.15, -0.1) is 0 Å². The maximum Gasteiger partial charge on any atom is 0.131 e. The lowest BCUT2D eigenvalue weighted by molar-refractivity contribution is 0.554. The fourth-order valence-corrected chi connectivity index (χ4v) is 4.07. The van der Waals surface area contributed by atoms with E-state index in [1.807, 2.05) is 36.4 Å². The Morgan fingerprint density at radius 3 is 2.36 bits per heavy atom. The van der Waals surface area contributed by atoms with Gasteiger partial charge < -0.3 is 0 Å². The Hall–Kier alpha value is -2.20. The van der Waals surface area contributed by atoms with E-state index in [0.29, 0.717) is 11.5 Å². The summed E-state index contributed by atoms with van der Waals surface area (Å²) < 4.78 is 14.5. The molecule has 4 heteroatoms. The van der Waals surface area contributed by atoms with Gasteiger partial charge in [0.15, 0.2) is 0 Å². The smallest absolute Gasteiger partial charge is 0.131 e. The molecule has 28 heavy (non-hydrogen) atoms. The molecule has 2 N–H and O–H groups in total. The van der Waals surface area contributed by atoms with Crippen LogP contribution in [0.5, 0.6) is 0 Å². The van der Waals surface area contributed by atoms with Crippen molar-refractivity contribution < 1.29 is 4.39 Å². The summed E-state index contributed by atoms with van der Waals surface area (Å²) in [5.41, 5.74) is 11.7. The highest BCUT2D eigenvalue weighted by Gasteiger charge is 2.29. The van der Waals surface area contributed by atoms with Crippen molar-refractivity contribution in [3.8, 4) is 11.1 Å². The highest BCUT2D eigenvalue weighted by atomic mass is 35.5. The van der Waals surface area contributed by atoms with Crippen molar-refractivity contribution in [2.75, 3.05) is 6.54 Å². The zero-order valence-electron chi connectivity index (χ0n) is 15.9. The van der Waals surface area contributed by atoms with E-state index in [1.54, 1.807) is 6.07 Å². The fourth-order valence-electron chi connectivity index (χ4n) is 3.94. The summed E-state index contributed by atoms with van der Waals surface area (Å²) in [6.45, 7) is 2.95. The molecule has 0 saturated carbocycles. The van der Waals surface area contributed by atoms with E-state index in [1.165, 1.54) is 11.1 Å². The first-order valence-electron chi connectivity index (χ1n) is 9.78. The molecule has 1 fully saturated rings. The topological polar surface area (TPSA) is 24.1 Å². The van der Waals surface area contributed by atoms with Crippen LogP contribution in [0.25, 0.3) is 11.1 Å². The second-order valence-corrected chi connectivity index (χ2v) is 7.78. The highest BCUT2D eigenvalue weighted by Crippen LogP contribution is 2.35. The predicted octanol–water partition coefficient (Wildman–Crippen LogP) is 6.03. The molecule has 3 aromatic carbocycles. The molecule has 0 aliphatic carbocycles. The Kier molecular flexibility index (Phi) is 5.77. The van der Waals surface area contributed by atoms with Gasteiger partial charge in [0.25, 0.3) is 0 Å². The van der Waals surface area contributed by atoms with Gasteiger partial charge in [0.1, 0.15) is 5.82 Å². The fraction of sp³-hybridized carbons (Fsp3) is 0.250. The molecule has 0 radical (unpaired) electrons. The first-order valence-corrected chi connectivity index (χ1v) is 10.2. The van der Waals surface area contributed by atoms with Gasteiger partial charge in [0.2, 0.25) is 0 Å². The summed E-state index contributed by atoms with van der Waals surface area (Å²) in [5, 5.41) is 0.746. The highest BCUT2D eigenvalue weighted by molar-refractivity contribution is 6.30. The van der Waals surface area contributed by atoms with Gasteiger partial charge in [-0.05, 0) is 46.9 Å². The van der Waals surface area contributed by atoms with Crippen molar-refractivity contribution >= 4 is 11.6 Å². The van der Waals surface area contributed by atoms with Crippen LogP contribution in [0.15, 0.2) is 66.7 Å². The first kappa shape index (κ1) is 19.1. The standard InChI is InChI=1S/C24H24ClFN2/c1-2-3-16-4-13-21(23(26)14-16)17-5-7-19(8-6-17)24-22(15-27-28-24)18-9-11-20(25)12-10-18/h4-14,22,24,27-28H,2-3,15H2,1H3. The molecule has 2 atom stereocenters. The molecule has 1 saturated heterocycles. The van der Waals surface area contributed by atoms with Gasteiger partial charge in [-0.25, -0.2) is 9.82 Å². The number of benzene rings is 3. The van der Waals surface area contributed by atoms with Crippen LogP contribution < -0.4 is 10.9 Å². The molecule has 1 aliphatic rings. The van der Waals surface area contributed by atoms with Crippen molar-refractivity contribution in [2.45, 2.75) is 31.7 Å². The van der Waals surface area contributed by atoms with E-state index < -0.39 is 0 Å². The third-order valence-corrected chi connectivity index (χ3v) is 5.69. The minimum absolute atomic E-state index is 0.154. The summed E-state index contributed by atoms with van der Waals surface area (Å²) >= 11 is 6.03. The second-order valence-electron chi connectivity index (χ2n) is 7.35. The maximum absolute atomic E-state index is 14.5. The van der Waals surface area contributed by atoms with Crippen LogP contribution in [0.4, 0.5) is 4.39 Å². The van der Waals surface area contributed by atoms with E-state index >= 15 is 0 Å². The Morgan fingerprint density at radius 1 is 0.964 bits per heavy atom. The molecule has 3 aromatic rings. The number of rotatable bonds is 5. The molecule has 0 aromatic heterocycles. The summed E-state index contributed by atoms with van der Waals surface area (Å²) in [4.78, 5) is 0. The Balaban J connectivity index is 1.56. The molecular formula is C24H24ClFN2. The summed E-state index contributed by atoms with van der Waals surface area (Å²) in [6, 6.07) is 21.9. The van der Waals surface area contributed by atoms with Crippen LogP contribution in [0.2, 0.25) is 5.02 Å². The molecule has 1 heterocycles. The molecule has 144 valence electrons.